The Bertz CT molecular complexity index is 947. The normalized spacial score (nSPS) is 10.6. The van der Waals surface area contributed by atoms with E-state index in [0.717, 1.165) is 15.6 Å². The summed E-state index contributed by atoms with van der Waals surface area (Å²) in [4.78, 5) is 16.8. The van der Waals surface area contributed by atoms with Gasteiger partial charge in [-0.2, -0.15) is 0 Å². The van der Waals surface area contributed by atoms with Gasteiger partial charge in [0.05, 0.1) is 24.9 Å². The summed E-state index contributed by atoms with van der Waals surface area (Å²) in [5.74, 6) is 1.18. The molecule has 4 nitrogen and oxygen atoms in total. The molecule has 0 saturated heterocycles. The molecule has 140 valence electrons. The van der Waals surface area contributed by atoms with Crippen LogP contribution in [0.3, 0.4) is 0 Å². The van der Waals surface area contributed by atoms with E-state index in [9.17, 15) is 4.79 Å². The zero-order valence-corrected chi connectivity index (χ0v) is 17.5. The Morgan fingerprint density at radius 3 is 2.85 bits per heavy atom. The first kappa shape index (κ1) is 20.0. The quantitative estimate of drug-likeness (QED) is 0.464. The van der Waals surface area contributed by atoms with Crippen LogP contribution in [0.25, 0.3) is 0 Å². The number of benzene rings is 2. The van der Waals surface area contributed by atoms with Crippen molar-refractivity contribution in [1.29, 1.82) is 0 Å². The van der Waals surface area contributed by atoms with E-state index in [1.807, 2.05) is 29.6 Å². The van der Waals surface area contributed by atoms with Crippen LogP contribution in [-0.4, -0.2) is 18.0 Å². The lowest BCUT2D eigenvalue weighted by Gasteiger charge is -2.09. The highest BCUT2D eigenvalue weighted by molar-refractivity contribution is 8.00. The van der Waals surface area contributed by atoms with Crippen molar-refractivity contribution in [2.45, 2.75) is 16.5 Å². The van der Waals surface area contributed by atoms with Crippen molar-refractivity contribution in [3.05, 3.63) is 69.1 Å². The largest absolute Gasteiger partial charge is 0.495 e. The van der Waals surface area contributed by atoms with Gasteiger partial charge in [-0.1, -0.05) is 53.2 Å². The third-order valence-electron chi connectivity index (χ3n) is 3.62. The number of nitrogens with zero attached hydrogens (tertiary/aromatic N) is 1. The summed E-state index contributed by atoms with van der Waals surface area (Å²) < 4.78 is 6.13. The molecule has 3 rings (SSSR count). The Morgan fingerprint density at radius 2 is 2.07 bits per heavy atom. The minimum atomic E-state index is -0.137. The number of halogens is 2. The highest BCUT2D eigenvalue weighted by Gasteiger charge is 2.11. The fourth-order valence-corrected chi connectivity index (χ4v) is 4.72. The van der Waals surface area contributed by atoms with Crippen LogP contribution in [-0.2, 0) is 17.0 Å². The summed E-state index contributed by atoms with van der Waals surface area (Å²) in [5.41, 5.74) is 2.38. The Labute approximate surface area is 175 Å². The van der Waals surface area contributed by atoms with Crippen molar-refractivity contribution >= 4 is 57.9 Å². The topological polar surface area (TPSA) is 51.2 Å². The van der Waals surface area contributed by atoms with E-state index in [0.29, 0.717) is 27.2 Å². The summed E-state index contributed by atoms with van der Waals surface area (Å²) in [6.07, 6.45) is 0.205. The molecule has 0 atom stereocenters. The van der Waals surface area contributed by atoms with Gasteiger partial charge < -0.3 is 10.1 Å². The van der Waals surface area contributed by atoms with Crippen molar-refractivity contribution in [3.8, 4) is 5.75 Å². The van der Waals surface area contributed by atoms with Crippen LogP contribution >= 0.6 is 46.3 Å². The smallest absolute Gasteiger partial charge is 0.230 e. The predicted molar refractivity (Wildman–Crippen MR) is 113 cm³/mol. The number of para-hydroxylation sites is 2. The van der Waals surface area contributed by atoms with Crippen molar-refractivity contribution in [1.82, 2.24) is 4.98 Å². The zero-order chi connectivity index (χ0) is 19.2. The summed E-state index contributed by atoms with van der Waals surface area (Å²) in [5, 5.41) is 6.01. The molecule has 0 aliphatic rings. The number of hydrogen-bond acceptors (Lipinski definition) is 5. The average Bonchev–Trinajstić information content (AvgIpc) is 3.08. The molecule has 0 unspecified atom stereocenters. The maximum Gasteiger partial charge on any atom is 0.230 e. The maximum atomic E-state index is 12.3. The molecular formula is C19H16Cl2N2O2S2. The third kappa shape index (κ3) is 5.62. The molecule has 0 fully saturated rings. The van der Waals surface area contributed by atoms with Crippen LogP contribution in [0.2, 0.25) is 10.0 Å². The highest BCUT2D eigenvalue weighted by atomic mass is 35.5. The van der Waals surface area contributed by atoms with Crippen LogP contribution in [0.5, 0.6) is 5.75 Å². The van der Waals surface area contributed by atoms with Gasteiger partial charge in [0.15, 0.2) is 0 Å². The molecule has 0 aliphatic carbocycles. The number of anilines is 1. The average molecular weight is 439 g/mol. The summed E-state index contributed by atoms with van der Waals surface area (Å²) >= 11 is 15.2. The van der Waals surface area contributed by atoms with E-state index in [-0.39, 0.29) is 12.3 Å². The molecule has 1 heterocycles. The third-order valence-corrected chi connectivity index (χ3v) is 6.33. The zero-order valence-electron chi connectivity index (χ0n) is 14.4. The Balaban J connectivity index is 1.56. The number of nitrogens with one attached hydrogen (secondary N) is 1. The predicted octanol–water partition coefficient (Wildman–Crippen LogP) is 5.93. The second-order valence-electron chi connectivity index (χ2n) is 5.55. The molecule has 8 heteroatoms. The first-order valence-electron chi connectivity index (χ1n) is 7.99. The van der Waals surface area contributed by atoms with E-state index >= 15 is 0 Å². The monoisotopic (exact) mass is 438 g/mol. The lowest BCUT2D eigenvalue weighted by molar-refractivity contribution is -0.115. The second kappa shape index (κ2) is 9.46. The van der Waals surface area contributed by atoms with E-state index in [1.54, 1.807) is 37.1 Å². The van der Waals surface area contributed by atoms with Crippen LogP contribution < -0.4 is 10.1 Å². The standard InChI is InChI=1S/C19H16Cl2N2O2S2/c1-25-17-5-3-2-4-16(17)23-18(24)9-14-11-27-19(22-14)26-10-12-6-7-13(20)8-15(12)21/h2-8,11H,9-10H2,1H3,(H,23,24). The van der Waals surface area contributed by atoms with Crippen molar-refractivity contribution < 1.29 is 9.53 Å². The minimum Gasteiger partial charge on any atom is -0.495 e. The molecule has 27 heavy (non-hydrogen) atoms. The molecule has 1 amide bonds. The maximum absolute atomic E-state index is 12.3. The van der Waals surface area contributed by atoms with Gasteiger partial charge in [-0.3, -0.25) is 4.79 Å². The van der Waals surface area contributed by atoms with Crippen molar-refractivity contribution in [3.63, 3.8) is 0 Å². The number of thioether (sulfide) groups is 1. The van der Waals surface area contributed by atoms with Gasteiger partial charge in [-0.05, 0) is 29.8 Å². The van der Waals surface area contributed by atoms with Gasteiger partial charge in [-0.15, -0.1) is 11.3 Å². The summed E-state index contributed by atoms with van der Waals surface area (Å²) in [6, 6.07) is 12.8. The Hall–Kier alpha value is -1.73. The molecule has 0 radical (unpaired) electrons. The van der Waals surface area contributed by atoms with Gasteiger partial charge in [0, 0.05) is 21.2 Å². The van der Waals surface area contributed by atoms with Crippen LogP contribution in [0, 0.1) is 0 Å². The highest BCUT2D eigenvalue weighted by Crippen LogP contribution is 2.30. The molecule has 2 aromatic carbocycles. The molecule has 0 spiro atoms. The van der Waals surface area contributed by atoms with Crippen LogP contribution in [0.4, 0.5) is 5.69 Å². The van der Waals surface area contributed by atoms with Crippen LogP contribution in [0.1, 0.15) is 11.3 Å². The van der Waals surface area contributed by atoms with Crippen LogP contribution in [0.15, 0.2) is 52.2 Å². The molecule has 0 saturated carbocycles. The lowest BCUT2D eigenvalue weighted by atomic mass is 10.2. The number of carbonyl (C=O) groups excluding carboxylic acids is 1. The van der Waals surface area contributed by atoms with Crippen molar-refractivity contribution in [2.24, 2.45) is 0 Å². The molecule has 0 bridgehead atoms. The van der Waals surface area contributed by atoms with E-state index in [4.69, 9.17) is 27.9 Å². The van der Waals surface area contributed by atoms with Gasteiger partial charge in [0.25, 0.3) is 0 Å². The van der Waals surface area contributed by atoms with Gasteiger partial charge in [0.2, 0.25) is 5.91 Å². The van der Waals surface area contributed by atoms with Gasteiger partial charge in [0.1, 0.15) is 10.1 Å². The first-order valence-corrected chi connectivity index (χ1v) is 10.6. The fraction of sp³-hybridized carbons (Fsp3) is 0.158. The Morgan fingerprint density at radius 1 is 1.26 bits per heavy atom. The molecule has 0 aliphatic heterocycles. The number of rotatable bonds is 7. The number of aromatic nitrogens is 1. The lowest BCUT2D eigenvalue weighted by Crippen LogP contribution is -2.15. The number of amides is 1. The van der Waals surface area contributed by atoms with E-state index < -0.39 is 0 Å². The molecule has 3 aromatic rings. The van der Waals surface area contributed by atoms with Gasteiger partial charge in [-0.25, -0.2) is 4.98 Å². The SMILES string of the molecule is COc1ccccc1NC(=O)Cc1csc(SCc2ccc(Cl)cc2Cl)n1. The first-order chi connectivity index (χ1) is 13.0. The number of carbonyl (C=O) groups is 1. The van der Waals surface area contributed by atoms with Gasteiger partial charge >= 0.3 is 0 Å². The Kier molecular flexibility index (Phi) is 7.01. The molecular weight excluding hydrogens is 423 g/mol. The van der Waals surface area contributed by atoms with E-state index in [2.05, 4.69) is 10.3 Å². The molecule has 1 aromatic heterocycles. The summed E-state index contributed by atoms with van der Waals surface area (Å²) in [6.45, 7) is 0. The number of ether oxygens (including phenoxy) is 1. The number of thiazole rings is 1. The second-order valence-corrected chi connectivity index (χ2v) is 8.48. The molecule has 1 N–H and O–H groups in total. The van der Waals surface area contributed by atoms with E-state index in [1.165, 1.54) is 11.3 Å². The number of hydrogen-bond donors (Lipinski definition) is 1. The summed E-state index contributed by atoms with van der Waals surface area (Å²) in [7, 11) is 1.57. The van der Waals surface area contributed by atoms with Crippen molar-refractivity contribution in [2.75, 3.05) is 12.4 Å². The number of methoxy groups -OCH3 is 1. The fourth-order valence-electron chi connectivity index (χ4n) is 2.32. The minimum absolute atomic E-state index is 0.137.